The van der Waals surface area contributed by atoms with Crippen LogP contribution in [-0.4, -0.2) is 25.6 Å². The zero-order valence-corrected chi connectivity index (χ0v) is 10.9. The van der Waals surface area contributed by atoms with E-state index in [9.17, 15) is 5.11 Å². The van der Waals surface area contributed by atoms with Crippen molar-refractivity contribution in [2.45, 2.75) is 19.9 Å². The van der Waals surface area contributed by atoms with Crippen LogP contribution >= 0.6 is 0 Å². The molecule has 0 spiro atoms. The molecule has 0 saturated carbocycles. The molecule has 1 aliphatic rings. The smallest absolute Gasteiger partial charge is 0.231 e. The van der Waals surface area contributed by atoms with Crippen LogP contribution in [-0.2, 0) is 0 Å². The summed E-state index contributed by atoms with van der Waals surface area (Å²) in [5.74, 6) is 1.84. The first-order valence-corrected chi connectivity index (χ1v) is 5.83. The van der Waals surface area contributed by atoms with E-state index in [0.29, 0.717) is 17.2 Å². The van der Waals surface area contributed by atoms with Crippen LogP contribution in [0.3, 0.4) is 0 Å². The van der Waals surface area contributed by atoms with Crippen molar-refractivity contribution in [2.75, 3.05) is 20.5 Å². The van der Waals surface area contributed by atoms with Gasteiger partial charge < -0.3 is 25.1 Å². The van der Waals surface area contributed by atoms with Crippen molar-refractivity contribution >= 4 is 0 Å². The molecule has 5 nitrogen and oxygen atoms in total. The quantitative estimate of drug-likeness (QED) is 0.849. The van der Waals surface area contributed by atoms with Gasteiger partial charge in [-0.2, -0.15) is 0 Å². The number of aliphatic hydroxyl groups excluding tert-OH is 1. The Labute approximate surface area is 106 Å². The standard InChI is InChI=1S/C13H19NO4/c1-13(2,6-15)12(14)8-4-9(16-3)11-10(5-8)17-7-18-11/h4-5,12,15H,6-7,14H2,1-3H3/t12-/m1/s1. The highest BCUT2D eigenvalue weighted by atomic mass is 16.7. The molecule has 18 heavy (non-hydrogen) atoms. The Balaban J connectivity index is 2.41. The number of hydrogen-bond donors (Lipinski definition) is 2. The first kappa shape index (κ1) is 13.0. The number of fused-ring (bicyclic) bond motifs is 1. The van der Waals surface area contributed by atoms with Gasteiger partial charge >= 0.3 is 0 Å². The summed E-state index contributed by atoms with van der Waals surface area (Å²) >= 11 is 0. The van der Waals surface area contributed by atoms with E-state index in [1.807, 2.05) is 26.0 Å². The van der Waals surface area contributed by atoms with Crippen molar-refractivity contribution in [1.82, 2.24) is 0 Å². The highest BCUT2D eigenvalue weighted by molar-refractivity contribution is 5.55. The van der Waals surface area contributed by atoms with Crippen LogP contribution < -0.4 is 19.9 Å². The van der Waals surface area contributed by atoms with Gasteiger partial charge in [-0.3, -0.25) is 0 Å². The summed E-state index contributed by atoms with van der Waals surface area (Å²) < 4.78 is 16.0. The third-order valence-corrected chi connectivity index (χ3v) is 3.29. The van der Waals surface area contributed by atoms with Crippen LogP contribution in [0.5, 0.6) is 17.2 Å². The molecule has 3 N–H and O–H groups in total. The van der Waals surface area contributed by atoms with Crippen molar-refractivity contribution in [3.8, 4) is 17.2 Å². The molecule has 1 heterocycles. The van der Waals surface area contributed by atoms with Gasteiger partial charge in [-0.05, 0) is 17.7 Å². The van der Waals surface area contributed by atoms with Gasteiger partial charge in [0.1, 0.15) is 0 Å². The van der Waals surface area contributed by atoms with Crippen LogP contribution in [0.15, 0.2) is 12.1 Å². The molecule has 0 radical (unpaired) electrons. The number of aliphatic hydroxyl groups is 1. The molecule has 0 aliphatic carbocycles. The molecule has 0 unspecified atom stereocenters. The molecule has 0 fully saturated rings. The fourth-order valence-electron chi connectivity index (χ4n) is 1.88. The van der Waals surface area contributed by atoms with Crippen LogP contribution in [0.4, 0.5) is 0 Å². The van der Waals surface area contributed by atoms with Gasteiger partial charge in [0.15, 0.2) is 11.5 Å². The number of rotatable bonds is 4. The monoisotopic (exact) mass is 253 g/mol. The Hall–Kier alpha value is -1.46. The number of hydrogen-bond acceptors (Lipinski definition) is 5. The van der Waals surface area contributed by atoms with Crippen molar-refractivity contribution in [1.29, 1.82) is 0 Å². The summed E-state index contributed by atoms with van der Waals surface area (Å²) in [7, 11) is 1.57. The van der Waals surface area contributed by atoms with E-state index < -0.39 is 5.41 Å². The van der Waals surface area contributed by atoms with E-state index in [1.165, 1.54) is 0 Å². The van der Waals surface area contributed by atoms with Gasteiger partial charge in [0, 0.05) is 18.1 Å². The van der Waals surface area contributed by atoms with E-state index in [2.05, 4.69) is 0 Å². The van der Waals surface area contributed by atoms with Gasteiger partial charge in [0.2, 0.25) is 12.5 Å². The minimum absolute atomic E-state index is 0.00488. The van der Waals surface area contributed by atoms with Crippen molar-refractivity contribution < 1.29 is 19.3 Å². The third-order valence-electron chi connectivity index (χ3n) is 3.29. The van der Waals surface area contributed by atoms with E-state index in [4.69, 9.17) is 19.9 Å². The molecule has 1 aromatic rings. The van der Waals surface area contributed by atoms with Gasteiger partial charge in [0.05, 0.1) is 7.11 Å². The fourth-order valence-corrected chi connectivity index (χ4v) is 1.88. The lowest BCUT2D eigenvalue weighted by atomic mass is 9.81. The van der Waals surface area contributed by atoms with Gasteiger partial charge in [0.25, 0.3) is 0 Å². The van der Waals surface area contributed by atoms with Gasteiger partial charge in [-0.1, -0.05) is 13.8 Å². The Morgan fingerprint density at radius 1 is 1.44 bits per heavy atom. The van der Waals surface area contributed by atoms with Crippen LogP contribution in [0.1, 0.15) is 25.5 Å². The Morgan fingerprint density at radius 2 is 2.17 bits per heavy atom. The normalized spacial score (nSPS) is 15.6. The second-order valence-corrected chi connectivity index (χ2v) is 5.08. The molecule has 1 aliphatic heterocycles. The largest absolute Gasteiger partial charge is 0.493 e. The van der Waals surface area contributed by atoms with Crippen LogP contribution in [0, 0.1) is 5.41 Å². The average molecular weight is 253 g/mol. The highest BCUT2D eigenvalue weighted by Gasteiger charge is 2.30. The topological polar surface area (TPSA) is 73.9 Å². The lowest BCUT2D eigenvalue weighted by Gasteiger charge is -2.30. The number of ether oxygens (including phenoxy) is 3. The van der Waals surface area contributed by atoms with E-state index in [1.54, 1.807) is 7.11 Å². The van der Waals surface area contributed by atoms with Crippen molar-refractivity contribution in [3.05, 3.63) is 17.7 Å². The van der Waals surface area contributed by atoms with Crippen LogP contribution in [0.25, 0.3) is 0 Å². The van der Waals surface area contributed by atoms with Gasteiger partial charge in [-0.15, -0.1) is 0 Å². The Bertz CT molecular complexity index is 445. The number of methoxy groups -OCH3 is 1. The molecule has 5 heteroatoms. The molecule has 1 aromatic carbocycles. The maximum Gasteiger partial charge on any atom is 0.231 e. The summed E-state index contributed by atoms with van der Waals surface area (Å²) in [6, 6.07) is 3.36. The minimum Gasteiger partial charge on any atom is -0.493 e. The summed E-state index contributed by atoms with van der Waals surface area (Å²) in [5, 5.41) is 9.38. The molecule has 0 saturated heterocycles. The molecular weight excluding hydrogens is 234 g/mol. The first-order chi connectivity index (χ1) is 8.49. The van der Waals surface area contributed by atoms with Crippen LogP contribution in [0.2, 0.25) is 0 Å². The number of benzene rings is 1. The predicted molar refractivity (Wildman–Crippen MR) is 66.9 cm³/mol. The van der Waals surface area contributed by atoms with Crippen molar-refractivity contribution in [2.24, 2.45) is 11.1 Å². The zero-order chi connectivity index (χ0) is 13.3. The lowest BCUT2D eigenvalue weighted by Crippen LogP contribution is -2.32. The molecule has 1 atom stereocenters. The SMILES string of the molecule is COc1cc([C@@H](N)C(C)(C)CO)cc2c1OCO2. The summed E-state index contributed by atoms with van der Waals surface area (Å²) in [6.07, 6.45) is 0. The summed E-state index contributed by atoms with van der Waals surface area (Å²) in [6.45, 7) is 4.02. The van der Waals surface area contributed by atoms with Crippen molar-refractivity contribution in [3.63, 3.8) is 0 Å². The van der Waals surface area contributed by atoms with E-state index in [0.717, 1.165) is 5.56 Å². The lowest BCUT2D eigenvalue weighted by molar-refractivity contribution is 0.132. The molecule has 100 valence electrons. The predicted octanol–water partition coefficient (Wildman–Crippen LogP) is 1.44. The Morgan fingerprint density at radius 3 is 2.78 bits per heavy atom. The number of nitrogens with two attached hydrogens (primary N) is 1. The Kier molecular flexibility index (Phi) is 3.36. The third kappa shape index (κ3) is 2.11. The average Bonchev–Trinajstić information content (AvgIpc) is 2.84. The molecular formula is C13H19NO4. The van der Waals surface area contributed by atoms with E-state index in [-0.39, 0.29) is 19.4 Å². The maximum absolute atomic E-state index is 9.38. The first-order valence-electron chi connectivity index (χ1n) is 5.83. The molecule has 0 amide bonds. The highest BCUT2D eigenvalue weighted by Crippen LogP contribution is 2.44. The summed E-state index contributed by atoms with van der Waals surface area (Å²) in [4.78, 5) is 0. The fraction of sp³-hybridized carbons (Fsp3) is 0.538. The molecule has 0 aromatic heterocycles. The van der Waals surface area contributed by atoms with Gasteiger partial charge in [-0.25, -0.2) is 0 Å². The second kappa shape index (κ2) is 4.66. The summed E-state index contributed by atoms with van der Waals surface area (Å²) in [5.41, 5.74) is 6.63. The minimum atomic E-state index is -0.418. The molecule has 2 rings (SSSR count). The maximum atomic E-state index is 9.38. The van der Waals surface area contributed by atoms with E-state index >= 15 is 0 Å². The zero-order valence-electron chi connectivity index (χ0n) is 10.9. The molecule has 0 bridgehead atoms. The second-order valence-electron chi connectivity index (χ2n) is 5.08.